The summed E-state index contributed by atoms with van der Waals surface area (Å²) in [6.45, 7) is 15.3. The molecule has 0 aromatic carbocycles. The van der Waals surface area contributed by atoms with Crippen molar-refractivity contribution in [1.82, 2.24) is 5.32 Å². The second-order valence-electron chi connectivity index (χ2n) is 5.67. The maximum Gasteiger partial charge on any atom is 0.0723 e. The van der Waals surface area contributed by atoms with Gasteiger partial charge in [-0.05, 0) is 24.8 Å². The molecule has 0 aliphatic heterocycles. The van der Waals surface area contributed by atoms with Crippen molar-refractivity contribution in [1.29, 1.82) is 0 Å². The molecule has 18 heavy (non-hydrogen) atoms. The van der Waals surface area contributed by atoms with Crippen LogP contribution in [-0.4, -0.2) is 39.0 Å². The van der Waals surface area contributed by atoms with Crippen LogP contribution in [0.15, 0.2) is 0 Å². The summed E-state index contributed by atoms with van der Waals surface area (Å²) in [4.78, 5) is 0. The van der Waals surface area contributed by atoms with Crippen molar-refractivity contribution in [2.45, 2.75) is 53.6 Å². The molecule has 0 aliphatic carbocycles. The molecule has 0 saturated heterocycles. The molecule has 0 aromatic heterocycles. The van der Waals surface area contributed by atoms with Crippen LogP contribution in [0, 0.1) is 11.8 Å². The monoisotopic (exact) mass is 259 g/mol. The average Bonchev–Trinajstić information content (AvgIpc) is 2.30. The minimum Gasteiger partial charge on any atom is -0.379 e. The van der Waals surface area contributed by atoms with Crippen molar-refractivity contribution in [2.24, 2.45) is 11.8 Å². The van der Waals surface area contributed by atoms with E-state index in [1.165, 1.54) is 6.42 Å². The molecule has 110 valence electrons. The van der Waals surface area contributed by atoms with Crippen molar-refractivity contribution in [3.63, 3.8) is 0 Å². The Bertz CT molecular complexity index is 172. The number of unbranched alkanes of at least 4 members (excludes halogenated alkanes) is 1. The third-order valence-electron chi connectivity index (χ3n) is 2.84. The third-order valence-corrected chi connectivity index (χ3v) is 2.84. The van der Waals surface area contributed by atoms with Gasteiger partial charge in [-0.3, -0.25) is 0 Å². The van der Waals surface area contributed by atoms with Crippen molar-refractivity contribution >= 4 is 0 Å². The van der Waals surface area contributed by atoms with E-state index in [4.69, 9.17) is 9.47 Å². The minimum absolute atomic E-state index is 0.290. The van der Waals surface area contributed by atoms with Crippen molar-refractivity contribution in [3.8, 4) is 0 Å². The quantitative estimate of drug-likeness (QED) is 0.546. The van der Waals surface area contributed by atoms with Crippen molar-refractivity contribution in [3.05, 3.63) is 0 Å². The van der Waals surface area contributed by atoms with E-state index in [2.05, 4.69) is 39.9 Å². The fourth-order valence-electron chi connectivity index (χ4n) is 1.61. The Kier molecular flexibility index (Phi) is 11.9. The summed E-state index contributed by atoms with van der Waals surface area (Å²) in [5.41, 5.74) is 0. The first-order chi connectivity index (χ1) is 8.57. The van der Waals surface area contributed by atoms with Gasteiger partial charge in [-0.15, -0.1) is 0 Å². The molecule has 0 amide bonds. The molecule has 0 radical (unpaired) electrons. The van der Waals surface area contributed by atoms with E-state index in [-0.39, 0.29) is 0 Å². The lowest BCUT2D eigenvalue weighted by Gasteiger charge is -2.22. The van der Waals surface area contributed by atoms with Crippen LogP contribution in [0.1, 0.15) is 47.5 Å². The topological polar surface area (TPSA) is 30.5 Å². The van der Waals surface area contributed by atoms with Gasteiger partial charge < -0.3 is 14.8 Å². The van der Waals surface area contributed by atoms with E-state index in [1.54, 1.807) is 0 Å². The molecule has 3 nitrogen and oxygen atoms in total. The Morgan fingerprint density at radius 1 is 0.944 bits per heavy atom. The third kappa shape index (κ3) is 11.0. The molecule has 3 heteroatoms. The highest BCUT2D eigenvalue weighted by Crippen LogP contribution is 2.05. The zero-order valence-electron chi connectivity index (χ0n) is 13.0. The van der Waals surface area contributed by atoms with E-state index >= 15 is 0 Å². The highest BCUT2D eigenvalue weighted by molar-refractivity contribution is 4.66. The van der Waals surface area contributed by atoms with Crippen LogP contribution in [0.5, 0.6) is 0 Å². The van der Waals surface area contributed by atoms with Gasteiger partial charge in [-0.1, -0.05) is 41.0 Å². The van der Waals surface area contributed by atoms with Crippen LogP contribution < -0.4 is 5.32 Å². The summed E-state index contributed by atoms with van der Waals surface area (Å²) in [6, 6.07) is 0. The first-order valence-corrected chi connectivity index (χ1v) is 7.48. The Labute approximate surface area is 114 Å². The van der Waals surface area contributed by atoms with Gasteiger partial charge in [0.05, 0.1) is 19.3 Å². The van der Waals surface area contributed by atoms with Gasteiger partial charge in [0.15, 0.2) is 0 Å². The van der Waals surface area contributed by atoms with E-state index in [0.29, 0.717) is 31.2 Å². The molecule has 0 spiro atoms. The van der Waals surface area contributed by atoms with Gasteiger partial charge >= 0.3 is 0 Å². The van der Waals surface area contributed by atoms with Crippen LogP contribution in [0.2, 0.25) is 0 Å². The van der Waals surface area contributed by atoms with Gasteiger partial charge in [0.1, 0.15) is 0 Å². The molecule has 0 rings (SSSR count). The lowest BCUT2D eigenvalue weighted by molar-refractivity contribution is -0.0145. The lowest BCUT2D eigenvalue weighted by atomic mass is 10.1. The van der Waals surface area contributed by atoms with Gasteiger partial charge in [0, 0.05) is 13.2 Å². The highest BCUT2D eigenvalue weighted by Gasteiger charge is 2.13. The number of nitrogens with one attached hydrogen (secondary N) is 1. The first kappa shape index (κ1) is 17.9. The Morgan fingerprint density at radius 2 is 1.67 bits per heavy atom. The van der Waals surface area contributed by atoms with Gasteiger partial charge in [0.25, 0.3) is 0 Å². The standard InChI is InChI=1S/C15H33NO2/c1-6-7-8-17-9-10-18-15(14(4)5)12-16-11-13(2)3/h13-16H,6-12H2,1-5H3. The van der Waals surface area contributed by atoms with Crippen molar-refractivity contribution in [2.75, 3.05) is 32.9 Å². The molecule has 0 aliphatic rings. The normalized spacial score (nSPS) is 13.5. The molecule has 1 unspecified atom stereocenters. The van der Waals surface area contributed by atoms with Gasteiger partial charge in [-0.2, -0.15) is 0 Å². The SMILES string of the molecule is CCCCOCCOC(CNCC(C)C)C(C)C. The molecule has 0 saturated carbocycles. The van der Waals surface area contributed by atoms with E-state index in [1.807, 2.05) is 0 Å². The fraction of sp³-hybridized carbons (Fsp3) is 1.00. The largest absolute Gasteiger partial charge is 0.379 e. The minimum atomic E-state index is 0.290. The summed E-state index contributed by atoms with van der Waals surface area (Å²) in [5.74, 6) is 1.23. The fourth-order valence-corrected chi connectivity index (χ4v) is 1.61. The maximum atomic E-state index is 5.88. The summed E-state index contributed by atoms with van der Waals surface area (Å²) >= 11 is 0. The van der Waals surface area contributed by atoms with E-state index < -0.39 is 0 Å². The van der Waals surface area contributed by atoms with Gasteiger partial charge in [0.2, 0.25) is 0 Å². The Hall–Kier alpha value is -0.120. The van der Waals surface area contributed by atoms with Crippen molar-refractivity contribution < 1.29 is 9.47 Å². The Balaban J connectivity index is 3.57. The Morgan fingerprint density at radius 3 is 2.22 bits per heavy atom. The second kappa shape index (κ2) is 11.9. The maximum absolute atomic E-state index is 5.88. The summed E-state index contributed by atoms with van der Waals surface area (Å²) < 4.78 is 11.4. The smallest absolute Gasteiger partial charge is 0.0723 e. The molecule has 1 N–H and O–H groups in total. The number of ether oxygens (including phenoxy) is 2. The predicted octanol–water partition coefficient (Wildman–Crippen LogP) is 3.09. The van der Waals surface area contributed by atoms with E-state index in [0.717, 1.165) is 26.1 Å². The molecule has 0 aromatic rings. The van der Waals surface area contributed by atoms with Crippen LogP contribution in [-0.2, 0) is 9.47 Å². The average molecular weight is 259 g/mol. The van der Waals surface area contributed by atoms with E-state index in [9.17, 15) is 0 Å². The van der Waals surface area contributed by atoms with Crippen LogP contribution >= 0.6 is 0 Å². The first-order valence-electron chi connectivity index (χ1n) is 7.48. The summed E-state index contributed by atoms with van der Waals surface area (Å²) in [6.07, 6.45) is 2.62. The van der Waals surface area contributed by atoms with Crippen LogP contribution in [0.25, 0.3) is 0 Å². The molecular formula is C15H33NO2. The second-order valence-corrected chi connectivity index (χ2v) is 5.67. The van der Waals surface area contributed by atoms with Crippen LogP contribution in [0.4, 0.5) is 0 Å². The molecular weight excluding hydrogens is 226 g/mol. The number of rotatable bonds is 12. The molecule has 1 atom stereocenters. The van der Waals surface area contributed by atoms with Gasteiger partial charge in [-0.25, -0.2) is 0 Å². The highest BCUT2D eigenvalue weighted by atomic mass is 16.5. The van der Waals surface area contributed by atoms with Crippen LogP contribution in [0.3, 0.4) is 0 Å². The molecule has 0 fully saturated rings. The zero-order chi connectivity index (χ0) is 13.8. The number of hydrogen-bond donors (Lipinski definition) is 1. The zero-order valence-corrected chi connectivity index (χ0v) is 13.0. The molecule has 0 bridgehead atoms. The summed E-state index contributed by atoms with van der Waals surface area (Å²) in [7, 11) is 0. The lowest BCUT2D eigenvalue weighted by Crippen LogP contribution is -2.35. The molecule has 0 heterocycles. The predicted molar refractivity (Wildman–Crippen MR) is 78.0 cm³/mol. The summed E-state index contributed by atoms with van der Waals surface area (Å²) in [5, 5.41) is 3.46. The number of hydrogen-bond acceptors (Lipinski definition) is 3.